The van der Waals surface area contributed by atoms with Crippen molar-refractivity contribution in [3.8, 4) is 0 Å². The fourth-order valence-corrected chi connectivity index (χ4v) is 4.06. The smallest absolute Gasteiger partial charge is 0.254 e. The summed E-state index contributed by atoms with van der Waals surface area (Å²) < 4.78 is 0. The highest BCUT2D eigenvalue weighted by Gasteiger charge is 2.42. The van der Waals surface area contributed by atoms with Crippen molar-refractivity contribution in [3.05, 3.63) is 29.3 Å². The van der Waals surface area contributed by atoms with Gasteiger partial charge in [0.15, 0.2) is 0 Å². The van der Waals surface area contributed by atoms with E-state index in [0.717, 1.165) is 42.9 Å². The Balaban J connectivity index is 1.74. The Labute approximate surface area is 145 Å². The van der Waals surface area contributed by atoms with E-state index in [2.05, 4.69) is 32.2 Å². The molecular weight excluding hydrogens is 298 g/mol. The molecule has 132 valence electrons. The Kier molecular flexibility index (Phi) is 4.60. The zero-order valence-electron chi connectivity index (χ0n) is 15.4. The fraction of sp³-hybridized carbons (Fsp3) is 0.650. The third-order valence-corrected chi connectivity index (χ3v) is 5.57. The maximum Gasteiger partial charge on any atom is 0.254 e. The molecule has 1 amide bonds. The van der Waals surface area contributed by atoms with Crippen LogP contribution in [-0.4, -0.2) is 36.5 Å². The number of hydrogen-bond donors (Lipinski definition) is 2. The maximum absolute atomic E-state index is 13.0. The van der Waals surface area contributed by atoms with Crippen LogP contribution in [-0.2, 0) is 0 Å². The van der Waals surface area contributed by atoms with Crippen LogP contribution < -0.4 is 11.1 Å². The molecule has 3 unspecified atom stereocenters. The summed E-state index contributed by atoms with van der Waals surface area (Å²) in [6.07, 6.45) is 2.28. The van der Waals surface area contributed by atoms with E-state index in [1.165, 1.54) is 6.42 Å². The minimum Gasteiger partial charge on any atom is -0.384 e. The van der Waals surface area contributed by atoms with E-state index in [-0.39, 0.29) is 17.4 Å². The van der Waals surface area contributed by atoms with Crippen LogP contribution in [0.4, 0.5) is 5.69 Å². The van der Waals surface area contributed by atoms with Crippen LogP contribution in [0.1, 0.15) is 49.5 Å². The molecule has 4 heteroatoms. The molecule has 1 saturated heterocycles. The molecule has 1 aromatic carbocycles. The first-order chi connectivity index (χ1) is 11.3. The van der Waals surface area contributed by atoms with E-state index in [4.69, 9.17) is 5.73 Å². The van der Waals surface area contributed by atoms with Crippen LogP contribution in [0.5, 0.6) is 0 Å². The second-order valence-electron chi connectivity index (χ2n) is 8.77. The van der Waals surface area contributed by atoms with Crippen molar-refractivity contribution in [2.45, 2.75) is 46.6 Å². The lowest BCUT2D eigenvalue weighted by Gasteiger charge is -2.23. The summed E-state index contributed by atoms with van der Waals surface area (Å²) >= 11 is 0. The Morgan fingerprint density at radius 3 is 2.71 bits per heavy atom. The van der Waals surface area contributed by atoms with Gasteiger partial charge in [0.25, 0.3) is 5.91 Å². The largest absolute Gasteiger partial charge is 0.384 e. The number of nitrogens with two attached hydrogens (primary N) is 1. The third kappa shape index (κ3) is 3.44. The van der Waals surface area contributed by atoms with E-state index < -0.39 is 0 Å². The van der Waals surface area contributed by atoms with Gasteiger partial charge in [-0.2, -0.15) is 0 Å². The number of nitrogens with zero attached hydrogens (tertiary/aromatic N) is 1. The minimum atomic E-state index is 0.161. The molecule has 3 N–H and O–H groups in total. The molecule has 0 radical (unpaired) electrons. The summed E-state index contributed by atoms with van der Waals surface area (Å²) in [5.74, 6) is 1.26. The molecule has 1 aliphatic heterocycles. The fourth-order valence-electron chi connectivity index (χ4n) is 4.06. The molecule has 2 aliphatic rings. The number of carbonyl (C=O) groups excluding carboxylic acids is 1. The van der Waals surface area contributed by atoms with Crippen molar-refractivity contribution in [3.63, 3.8) is 0 Å². The van der Waals surface area contributed by atoms with Gasteiger partial charge in [-0.15, -0.1) is 0 Å². The van der Waals surface area contributed by atoms with Gasteiger partial charge in [0.05, 0.1) is 0 Å². The summed E-state index contributed by atoms with van der Waals surface area (Å²) in [4.78, 5) is 15.0. The van der Waals surface area contributed by atoms with Gasteiger partial charge in [-0.1, -0.05) is 26.8 Å². The minimum absolute atomic E-state index is 0.161. The molecule has 0 spiro atoms. The molecule has 0 aromatic heterocycles. The van der Waals surface area contributed by atoms with Gasteiger partial charge in [-0.3, -0.25) is 4.79 Å². The zero-order valence-corrected chi connectivity index (χ0v) is 15.4. The molecule has 2 fully saturated rings. The van der Waals surface area contributed by atoms with Gasteiger partial charge in [0.1, 0.15) is 0 Å². The van der Waals surface area contributed by atoms with Crippen LogP contribution in [0.3, 0.4) is 0 Å². The summed E-state index contributed by atoms with van der Waals surface area (Å²) in [5, 5.41) is 3.49. The van der Waals surface area contributed by atoms with Gasteiger partial charge in [-0.05, 0) is 54.7 Å². The predicted octanol–water partition coefficient (Wildman–Crippen LogP) is 3.26. The van der Waals surface area contributed by atoms with E-state index in [1.807, 2.05) is 24.0 Å². The Bertz CT molecular complexity index is 620. The van der Waals surface area contributed by atoms with Crippen molar-refractivity contribution in [1.29, 1.82) is 0 Å². The molecular formula is C20H31N3O. The topological polar surface area (TPSA) is 58.4 Å². The highest BCUT2D eigenvalue weighted by atomic mass is 16.2. The van der Waals surface area contributed by atoms with Crippen LogP contribution in [0.15, 0.2) is 18.2 Å². The lowest BCUT2D eigenvalue weighted by atomic mass is 9.96. The Morgan fingerprint density at radius 1 is 1.29 bits per heavy atom. The molecule has 1 saturated carbocycles. The van der Waals surface area contributed by atoms with Crippen molar-refractivity contribution in [2.24, 2.45) is 23.0 Å². The summed E-state index contributed by atoms with van der Waals surface area (Å²) in [5.41, 5.74) is 9.34. The van der Waals surface area contributed by atoms with Crippen LogP contribution in [0, 0.1) is 24.2 Å². The summed E-state index contributed by atoms with van der Waals surface area (Å²) in [6.45, 7) is 11.2. The third-order valence-electron chi connectivity index (χ3n) is 5.57. The maximum atomic E-state index is 13.0. The van der Waals surface area contributed by atoms with E-state index >= 15 is 0 Å². The van der Waals surface area contributed by atoms with Crippen molar-refractivity contribution < 1.29 is 4.79 Å². The SMILES string of the molecule is Cc1c(NCC(C)(C)C)cccc1C(=O)N1CC2CCC(N)C2C1. The average molecular weight is 329 g/mol. The Morgan fingerprint density at radius 2 is 2.04 bits per heavy atom. The van der Waals surface area contributed by atoms with Gasteiger partial charge in [0, 0.05) is 36.9 Å². The first-order valence-corrected chi connectivity index (χ1v) is 9.14. The van der Waals surface area contributed by atoms with E-state index in [9.17, 15) is 4.79 Å². The average Bonchev–Trinajstić information content (AvgIpc) is 3.07. The predicted molar refractivity (Wildman–Crippen MR) is 99.2 cm³/mol. The second kappa shape index (κ2) is 6.40. The number of nitrogens with one attached hydrogen (secondary N) is 1. The Hall–Kier alpha value is -1.55. The number of carbonyl (C=O) groups is 1. The van der Waals surface area contributed by atoms with Gasteiger partial charge >= 0.3 is 0 Å². The van der Waals surface area contributed by atoms with Gasteiger partial charge < -0.3 is 16.0 Å². The van der Waals surface area contributed by atoms with Crippen molar-refractivity contribution >= 4 is 11.6 Å². The standard InChI is InChI=1S/C20H31N3O/c1-13-15(6-5-7-18(13)22-12-20(2,3)4)19(24)23-10-14-8-9-17(21)16(14)11-23/h5-7,14,16-17,22H,8-12,21H2,1-4H3. The molecule has 0 bridgehead atoms. The monoisotopic (exact) mass is 329 g/mol. The number of likely N-dealkylation sites (tertiary alicyclic amines) is 1. The molecule has 3 atom stereocenters. The van der Waals surface area contributed by atoms with Crippen molar-refractivity contribution in [1.82, 2.24) is 4.90 Å². The molecule has 4 nitrogen and oxygen atoms in total. The number of benzene rings is 1. The quantitative estimate of drug-likeness (QED) is 0.895. The first kappa shape index (κ1) is 17.3. The molecule has 1 aliphatic carbocycles. The number of fused-ring (bicyclic) bond motifs is 1. The van der Waals surface area contributed by atoms with Gasteiger partial charge in [0.2, 0.25) is 0 Å². The molecule has 24 heavy (non-hydrogen) atoms. The summed E-state index contributed by atoms with van der Waals surface area (Å²) in [6, 6.07) is 6.27. The number of hydrogen-bond acceptors (Lipinski definition) is 3. The van der Waals surface area contributed by atoms with Crippen molar-refractivity contribution in [2.75, 3.05) is 25.0 Å². The van der Waals surface area contributed by atoms with Gasteiger partial charge in [-0.25, -0.2) is 0 Å². The number of anilines is 1. The van der Waals surface area contributed by atoms with E-state index in [1.54, 1.807) is 0 Å². The molecule has 3 rings (SSSR count). The lowest BCUT2D eigenvalue weighted by molar-refractivity contribution is 0.0779. The zero-order chi connectivity index (χ0) is 17.5. The van der Waals surface area contributed by atoms with Crippen LogP contribution in [0.2, 0.25) is 0 Å². The normalized spacial score (nSPS) is 26.5. The number of amides is 1. The molecule has 1 aromatic rings. The number of rotatable bonds is 3. The first-order valence-electron chi connectivity index (χ1n) is 9.14. The van der Waals surface area contributed by atoms with Crippen LogP contribution in [0.25, 0.3) is 0 Å². The second-order valence-corrected chi connectivity index (χ2v) is 8.77. The van der Waals surface area contributed by atoms with Crippen LogP contribution >= 0.6 is 0 Å². The highest BCUT2D eigenvalue weighted by molar-refractivity contribution is 5.97. The lowest BCUT2D eigenvalue weighted by Crippen LogP contribution is -2.33. The van der Waals surface area contributed by atoms with E-state index in [0.29, 0.717) is 11.8 Å². The highest BCUT2D eigenvalue weighted by Crippen LogP contribution is 2.38. The molecule has 1 heterocycles. The summed E-state index contributed by atoms with van der Waals surface area (Å²) in [7, 11) is 0.